The van der Waals surface area contributed by atoms with Crippen molar-refractivity contribution in [2.75, 3.05) is 0 Å². The van der Waals surface area contributed by atoms with Crippen LogP contribution in [0.25, 0.3) is 206 Å². The van der Waals surface area contributed by atoms with Gasteiger partial charge in [-0.05, 0) is 253 Å². The van der Waals surface area contributed by atoms with Gasteiger partial charge in [0.15, 0.2) is 0 Å². The van der Waals surface area contributed by atoms with Crippen molar-refractivity contribution in [2.24, 2.45) is 0 Å². The van der Waals surface area contributed by atoms with Gasteiger partial charge in [0.1, 0.15) is 0 Å². The lowest BCUT2D eigenvalue weighted by Gasteiger charge is -2.14. The van der Waals surface area contributed by atoms with Gasteiger partial charge in [0, 0.05) is 111 Å². The lowest BCUT2D eigenvalue weighted by atomic mass is 9.92. The first-order chi connectivity index (χ1) is 60.2. The van der Waals surface area contributed by atoms with Crippen LogP contribution in [-0.2, 0) is 0 Å². The molecule has 0 spiro atoms. The molecule has 6 aliphatic heterocycles. The van der Waals surface area contributed by atoms with Crippen LogP contribution in [0.5, 0.6) is 0 Å². The Morgan fingerprint density at radius 1 is 0.221 bits per heavy atom. The summed E-state index contributed by atoms with van der Waals surface area (Å²) in [4.78, 5) is 55.9. The number of nitrogens with zero attached hydrogens (tertiary/aromatic N) is 6. The van der Waals surface area contributed by atoms with Gasteiger partial charge < -0.3 is 29.9 Å². The van der Waals surface area contributed by atoms with E-state index in [1.807, 2.05) is 12.1 Å². The summed E-state index contributed by atoms with van der Waals surface area (Å²) in [5.41, 5.74) is 39.1. The lowest BCUT2D eigenvalue weighted by molar-refractivity contribution is 0.642. The molecule has 0 unspecified atom stereocenters. The third-order valence-electron chi connectivity index (χ3n) is 24.0. The minimum absolute atomic E-state index is 0.184. The molecule has 6 aliphatic rings. The highest BCUT2D eigenvalue weighted by molar-refractivity contribution is 6.01. The number of fused-ring (bicyclic) bond motifs is 24. The first-order valence-corrected chi connectivity index (χ1v) is 42.1. The summed E-state index contributed by atoms with van der Waals surface area (Å²) in [6.45, 7) is 9.09. The first kappa shape index (κ1) is 73.8. The molecule has 24 bridgehead atoms. The number of aromatic amines is 6. The molecule has 0 saturated carbocycles. The van der Waals surface area contributed by atoms with E-state index < -0.39 is 0 Å². The zero-order chi connectivity index (χ0) is 81.7. The lowest BCUT2D eigenvalue weighted by Crippen LogP contribution is -2.00. The number of hydrogen-bond donors (Lipinski definition) is 6. The average molecular weight is 1570 g/mol. The third-order valence-corrected chi connectivity index (χ3v) is 24.0. The quantitative estimate of drug-likeness (QED) is 0.0665. The molecule has 582 valence electrons. The van der Waals surface area contributed by atoms with Crippen molar-refractivity contribution in [3.8, 4) is 90.4 Å². The Balaban J connectivity index is 0.693. The Labute approximate surface area is 706 Å². The predicted molar refractivity (Wildman–Crippen MR) is 508 cm³/mol. The number of aromatic nitrogens is 12. The normalized spacial score (nSPS) is 12.4. The molecule has 0 fully saturated rings. The van der Waals surface area contributed by atoms with E-state index in [0.717, 1.165) is 260 Å². The van der Waals surface area contributed by atoms with Gasteiger partial charge in [-0.25, -0.2) is 29.9 Å². The van der Waals surface area contributed by atoms with Crippen LogP contribution in [0.3, 0.4) is 0 Å². The molecule has 0 saturated heterocycles. The molecule has 6 N–H and O–H groups in total. The predicted octanol–water partition coefficient (Wildman–Crippen LogP) is 27.2. The second-order valence-electron chi connectivity index (χ2n) is 31.4. The van der Waals surface area contributed by atoms with E-state index in [9.17, 15) is 0 Å². The van der Waals surface area contributed by atoms with Gasteiger partial charge in [-0.1, -0.05) is 197 Å². The van der Waals surface area contributed by atoms with Crippen molar-refractivity contribution in [3.05, 3.63) is 356 Å². The molecule has 0 aliphatic carbocycles. The molecule has 12 heteroatoms. The second-order valence-corrected chi connectivity index (χ2v) is 31.4. The zero-order valence-corrected chi connectivity index (χ0v) is 67.8. The van der Waals surface area contributed by atoms with E-state index in [1.165, 1.54) is 0 Å². The molecule has 6 aromatic carbocycles. The van der Waals surface area contributed by atoms with E-state index in [2.05, 4.69) is 397 Å². The minimum atomic E-state index is 0.184. The summed E-state index contributed by atoms with van der Waals surface area (Å²) in [5.74, 6) is 15.1. The van der Waals surface area contributed by atoms with E-state index in [-0.39, 0.29) is 11.8 Å². The Morgan fingerprint density at radius 2 is 0.475 bits per heavy atom. The molecule has 21 rings (SSSR count). The maximum atomic E-state index is 5.70. The minimum Gasteiger partial charge on any atom is -0.355 e. The second kappa shape index (κ2) is 31.6. The fraction of sp³-hybridized carbons (Fsp3) is 0.0909. The zero-order valence-electron chi connectivity index (χ0n) is 67.8. The SMILES string of the molecule is CCC(CC)c1c2nc(c(-c3ccc(C#Cc4c5nc(c(-c6ccccc6)c6ccc(cc7nc(c(-c8ccccc8)c8ccc4[nH]8)C=C7)[nH]6)C=C5)cc3)c3ccc([nH]3)c(C(CC)CC)c3nc(c(C#Cc4ccc(-c5c6nc(c(-c7ccccc7)c7ccc(cc8nc(c(-c9ccccc9)c9ccc5[nH]9)C=C8)[nH]7)C=C6)cc4)c4ccc1[nH]4)C=C3)C=C2. The summed E-state index contributed by atoms with van der Waals surface area (Å²) in [5, 5.41) is 0. The van der Waals surface area contributed by atoms with Crippen molar-refractivity contribution >= 4 is 139 Å². The molecule has 0 radical (unpaired) electrons. The van der Waals surface area contributed by atoms with E-state index in [4.69, 9.17) is 29.9 Å². The monoisotopic (exact) mass is 1570 g/mol. The first-order valence-electron chi connectivity index (χ1n) is 42.1. The fourth-order valence-corrected chi connectivity index (χ4v) is 18.0. The molecular formula is C110H82N12. The summed E-state index contributed by atoms with van der Waals surface area (Å²) in [6, 6.07) is 89.2. The number of benzene rings is 6. The van der Waals surface area contributed by atoms with E-state index in [1.54, 1.807) is 0 Å². The van der Waals surface area contributed by atoms with Crippen LogP contribution in [-0.4, -0.2) is 59.8 Å². The Bertz CT molecular complexity index is 7570. The van der Waals surface area contributed by atoms with Crippen LogP contribution in [0.15, 0.2) is 255 Å². The Hall–Kier alpha value is -15.8. The number of hydrogen-bond acceptors (Lipinski definition) is 6. The molecule has 15 heterocycles. The molecular weight excluding hydrogens is 1490 g/mol. The van der Waals surface area contributed by atoms with Crippen LogP contribution < -0.4 is 0 Å². The third kappa shape index (κ3) is 13.9. The van der Waals surface area contributed by atoms with Crippen molar-refractivity contribution < 1.29 is 0 Å². The van der Waals surface area contributed by atoms with Crippen LogP contribution in [0.4, 0.5) is 0 Å². The Kier molecular flexibility index (Phi) is 19.1. The van der Waals surface area contributed by atoms with Gasteiger partial charge in [0.2, 0.25) is 0 Å². The van der Waals surface area contributed by atoms with Gasteiger partial charge in [-0.15, -0.1) is 0 Å². The van der Waals surface area contributed by atoms with Crippen molar-refractivity contribution in [3.63, 3.8) is 0 Å². The summed E-state index contributed by atoms with van der Waals surface area (Å²) < 4.78 is 0. The molecule has 9 aromatic heterocycles. The summed E-state index contributed by atoms with van der Waals surface area (Å²) in [7, 11) is 0. The molecule has 15 aromatic rings. The van der Waals surface area contributed by atoms with E-state index >= 15 is 0 Å². The van der Waals surface area contributed by atoms with Gasteiger partial charge in [-0.3, -0.25) is 0 Å². The number of rotatable bonds is 12. The van der Waals surface area contributed by atoms with Crippen molar-refractivity contribution in [1.29, 1.82) is 0 Å². The molecule has 0 amide bonds. The van der Waals surface area contributed by atoms with Crippen molar-refractivity contribution in [2.45, 2.75) is 65.2 Å². The summed E-state index contributed by atoms with van der Waals surface area (Å²) >= 11 is 0. The highest BCUT2D eigenvalue weighted by Crippen LogP contribution is 2.42. The van der Waals surface area contributed by atoms with Crippen LogP contribution in [0.1, 0.15) is 167 Å². The van der Waals surface area contributed by atoms with Crippen LogP contribution in [0, 0.1) is 23.7 Å². The smallest absolute Gasteiger partial charge is 0.0815 e. The maximum Gasteiger partial charge on any atom is 0.0815 e. The fourth-order valence-electron chi connectivity index (χ4n) is 18.0. The summed E-state index contributed by atoms with van der Waals surface area (Å²) in [6.07, 6.45) is 29.2. The number of H-pyrrole nitrogens is 6. The van der Waals surface area contributed by atoms with Gasteiger partial charge in [0.25, 0.3) is 0 Å². The van der Waals surface area contributed by atoms with E-state index in [0.29, 0.717) is 0 Å². The number of nitrogens with one attached hydrogen (secondary N) is 6. The highest BCUT2D eigenvalue weighted by atomic mass is 14.8. The van der Waals surface area contributed by atoms with Gasteiger partial charge >= 0.3 is 0 Å². The van der Waals surface area contributed by atoms with Crippen LogP contribution in [0.2, 0.25) is 0 Å². The standard InChI is InChI=1S/C110H82N12/c1-5-69(6-2)103-91-53-49-83(115-91)81(43-33-67-31-37-76(38-32-67)110-101-63-61-97(121-101)107(73-25-17-11-18-26-73)89-47-41-79(113-89)66-80-42-48-90(114-80)108(74-27-19-12-20-28-74)98-62-64-102(110)122-98)84-50-54-92(116-84)104(70(7-3)8-4)94-58-60-100(120-94)109(99-59-57-93(103)119-99)75-35-29-68(30-36-75)34-44-82-85-51-55-95(117-85)105(71-21-13-9-14-22-71)87-45-39-77(111-87)65-78-40-46-88(112-78)106(72-23-15-10-16-24-72)96-56-52-86(82)118-96/h9-32,35-42,45-66,69-70,111,113,115,118,120,122H,5-8H2,1-4H3. The largest absolute Gasteiger partial charge is 0.355 e. The molecule has 12 nitrogen and oxygen atoms in total. The topological polar surface area (TPSA) is 172 Å². The Morgan fingerprint density at radius 3 is 0.844 bits per heavy atom. The van der Waals surface area contributed by atoms with Gasteiger partial charge in [0.05, 0.1) is 90.5 Å². The average Bonchev–Trinajstić information content (AvgIpc) is 1.62. The highest BCUT2D eigenvalue weighted by Gasteiger charge is 2.25. The maximum absolute atomic E-state index is 5.70. The van der Waals surface area contributed by atoms with Crippen molar-refractivity contribution in [1.82, 2.24) is 59.8 Å². The molecule has 0 atom stereocenters. The van der Waals surface area contributed by atoms with Gasteiger partial charge in [-0.2, -0.15) is 0 Å². The van der Waals surface area contributed by atoms with Crippen LogP contribution >= 0.6 is 0 Å². The molecule has 122 heavy (non-hydrogen) atoms.